The van der Waals surface area contributed by atoms with Crippen LogP contribution in [0.25, 0.3) is 0 Å². The molecule has 97 heavy (non-hydrogen) atoms. The van der Waals surface area contributed by atoms with E-state index in [1.807, 2.05) is 0 Å². The standard InChI is InChI=1S/C78H152O17P2/c1-8-11-12-13-14-15-16-17-22-26-29-32-37-45-52-59-75(80)88-65-73(94-77(82)61-54-47-38-33-30-27-24-21-19-18-20-23-25-28-31-36-43-50-57-70(6)9-2)67-92-96(84,85)90-63-72(79)64-91-97(86,87)93-68-74(95-78(83)62-55-48-39-34-35-42-49-56-69(4)5)66-89-76(81)60-53-46-41-40-44-51-58-71(7)10-3/h69-74,79H,8-68H2,1-7H3,(H,84,85)(H,86,87)/t70?,71?,72-,73-,74-/m1/s1. The molecule has 0 aliphatic rings. The number of phosphoric acid groups is 2. The van der Waals surface area contributed by atoms with Crippen molar-refractivity contribution in [2.75, 3.05) is 39.6 Å². The van der Waals surface area contributed by atoms with Gasteiger partial charge in [0.05, 0.1) is 26.4 Å². The van der Waals surface area contributed by atoms with Crippen molar-refractivity contribution in [3.8, 4) is 0 Å². The van der Waals surface area contributed by atoms with E-state index in [1.165, 1.54) is 205 Å². The molecule has 0 heterocycles. The second-order valence-corrected chi connectivity index (χ2v) is 32.0. The van der Waals surface area contributed by atoms with E-state index >= 15 is 0 Å². The number of unbranched alkanes of at least 4 members (excludes halogenated alkanes) is 42. The van der Waals surface area contributed by atoms with Crippen LogP contribution in [0.1, 0.15) is 402 Å². The zero-order valence-corrected chi connectivity index (χ0v) is 65.3. The highest BCUT2D eigenvalue weighted by molar-refractivity contribution is 7.47. The summed E-state index contributed by atoms with van der Waals surface area (Å²) in [4.78, 5) is 72.8. The summed E-state index contributed by atoms with van der Waals surface area (Å²) < 4.78 is 68.5. The van der Waals surface area contributed by atoms with Crippen molar-refractivity contribution >= 4 is 39.5 Å². The van der Waals surface area contributed by atoms with E-state index in [4.69, 9.17) is 37.0 Å². The van der Waals surface area contributed by atoms with Gasteiger partial charge in [0, 0.05) is 25.7 Å². The molecule has 7 atom stereocenters. The maximum atomic E-state index is 13.1. The van der Waals surface area contributed by atoms with Crippen molar-refractivity contribution in [2.45, 2.75) is 420 Å². The monoisotopic (exact) mass is 1420 g/mol. The smallest absolute Gasteiger partial charge is 0.462 e. The Bertz CT molecular complexity index is 1890. The molecule has 0 bridgehead atoms. The Labute approximate surface area is 594 Å². The normalized spacial score (nSPS) is 14.6. The van der Waals surface area contributed by atoms with Crippen molar-refractivity contribution in [3.05, 3.63) is 0 Å². The van der Waals surface area contributed by atoms with Crippen LogP contribution in [0.15, 0.2) is 0 Å². The minimum Gasteiger partial charge on any atom is -0.462 e. The summed E-state index contributed by atoms with van der Waals surface area (Å²) in [5, 5.41) is 10.6. The molecule has 0 saturated carbocycles. The Kier molecular flexibility index (Phi) is 67.1. The molecule has 0 rings (SSSR count). The summed E-state index contributed by atoms with van der Waals surface area (Å²) in [6.07, 6.45) is 55.7. The van der Waals surface area contributed by atoms with E-state index in [0.29, 0.717) is 31.6 Å². The quantitative estimate of drug-likeness (QED) is 0.0222. The number of ether oxygens (including phenoxy) is 4. The highest BCUT2D eigenvalue weighted by Gasteiger charge is 2.30. The molecule has 0 spiro atoms. The van der Waals surface area contributed by atoms with Gasteiger partial charge in [-0.3, -0.25) is 37.3 Å². The van der Waals surface area contributed by atoms with Crippen LogP contribution < -0.4 is 0 Å². The van der Waals surface area contributed by atoms with Crippen molar-refractivity contribution in [1.29, 1.82) is 0 Å². The Morgan fingerprint density at radius 1 is 0.299 bits per heavy atom. The first kappa shape index (κ1) is 95.1. The first-order chi connectivity index (χ1) is 46.8. The van der Waals surface area contributed by atoms with Gasteiger partial charge >= 0.3 is 39.5 Å². The van der Waals surface area contributed by atoms with Crippen LogP contribution in [0.2, 0.25) is 0 Å². The van der Waals surface area contributed by atoms with E-state index in [0.717, 1.165) is 108 Å². The average Bonchev–Trinajstić information content (AvgIpc) is 1.01. The zero-order valence-electron chi connectivity index (χ0n) is 63.5. The summed E-state index contributed by atoms with van der Waals surface area (Å²) in [5.74, 6) is 0.178. The lowest BCUT2D eigenvalue weighted by Crippen LogP contribution is -2.30. The van der Waals surface area contributed by atoms with Gasteiger partial charge in [-0.15, -0.1) is 0 Å². The Morgan fingerprint density at radius 3 is 0.784 bits per heavy atom. The average molecular weight is 1420 g/mol. The predicted octanol–water partition coefficient (Wildman–Crippen LogP) is 23.0. The fraction of sp³-hybridized carbons (Fsp3) is 0.949. The molecule has 576 valence electrons. The van der Waals surface area contributed by atoms with E-state index in [9.17, 15) is 43.2 Å². The molecule has 4 unspecified atom stereocenters. The minimum absolute atomic E-state index is 0.103. The molecule has 0 aromatic carbocycles. The van der Waals surface area contributed by atoms with Crippen LogP contribution in [0.5, 0.6) is 0 Å². The van der Waals surface area contributed by atoms with Gasteiger partial charge in [0.25, 0.3) is 0 Å². The largest absolute Gasteiger partial charge is 0.472 e. The lowest BCUT2D eigenvalue weighted by atomic mass is 9.99. The lowest BCUT2D eigenvalue weighted by molar-refractivity contribution is -0.161. The molecule has 0 saturated heterocycles. The number of hydrogen-bond donors (Lipinski definition) is 3. The highest BCUT2D eigenvalue weighted by Crippen LogP contribution is 2.45. The van der Waals surface area contributed by atoms with Crippen LogP contribution in [0.4, 0.5) is 0 Å². The molecule has 0 aliphatic carbocycles. The van der Waals surface area contributed by atoms with Gasteiger partial charge < -0.3 is 33.8 Å². The Hall–Kier alpha value is -1.94. The highest BCUT2D eigenvalue weighted by atomic mass is 31.2. The molecule has 19 heteroatoms. The van der Waals surface area contributed by atoms with Gasteiger partial charge in [0.15, 0.2) is 12.2 Å². The van der Waals surface area contributed by atoms with Gasteiger partial charge in [-0.1, -0.05) is 350 Å². The van der Waals surface area contributed by atoms with E-state index in [2.05, 4.69) is 48.5 Å². The number of hydrogen-bond acceptors (Lipinski definition) is 15. The summed E-state index contributed by atoms with van der Waals surface area (Å²) in [7, 11) is -9.91. The fourth-order valence-corrected chi connectivity index (χ4v) is 13.5. The molecule has 0 aromatic heterocycles. The van der Waals surface area contributed by atoms with Gasteiger partial charge in [0.1, 0.15) is 19.3 Å². The number of phosphoric ester groups is 2. The van der Waals surface area contributed by atoms with Crippen LogP contribution in [0, 0.1) is 17.8 Å². The van der Waals surface area contributed by atoms with Gasteiger partial charge in [0.2, 0.25) is 0 Å². The number of carbonyl (C=O) groups excluding carboxylic acids is 4. The third kappa shape index (κ3) is 69.5. The van der Waals surface area contributed by atoms with Crippen LogP contribution in [0.3, 0.4) is 0 Å². The van der Waals surface area contributed by atoms with Crippen molar-refractivity contribution in [1.82, 2.24) is 0 Å². The summed E-state index contributed by atoms with van der Waals surface area (Å²) in [5.41, 5.74) is 0. The Morgan fingerprint density at radius 2 is 0.526 bits per heavy atom. The van der Waals surface area contributed by atoms with E-state index in [-0.39, 0.29) is 25.7 Å². The molecular formula is C78H152O17P2. The lowest BCUT2D eigenvalue weighted by Gasteiger charge is -2.21. The molecule has 3 N–H and O–H groups in total. The van der Waals surface area contributed by atoms with Gasteiger partial charge in [-0.25, -0.2) is 9.13 Å². The molecular weight excluding hydrogens is 1270 g/mol. The topological polar surface area (TPSA) is 237 Å². The zero-order chi connectivity index (χ0) is 71.6. The summed E-state index contributed by atoms with van der Waals surface area (Å²) in [6.45, 7) is 11.9. The SMILES string of the molecule is CCCCCCCCCCCCCCCCCC(=O)OC[C@H](COP(=O)(O)OC[C@@H](O)COP(=O)(O)OC[C@@H](COC(=O)CCCCCCCCC(C)CC)OC(=O)CCCCCCCCCC(C)C)OC(=O)CCCCCCCCCCCCCCCCCCCCC(C)CC. The summed E-state index contributed by atoms with van der Waals surface area (Å²) >= 11 is 0. The van der Waals surface area contributed by atoms with Crippen LogP contribution in [-0.2, 0) is 65.4 Å². The number of aliphatic hydroxyl groups excluding tert-OH is 1. The predicted molar refractivity (Wildman–Crippen MR) is 395 cm³/mol. The van der Waals surface area contributed by atoms with Crippen molar-refractivity contribution < 1.29 is 80.2 Å². The third-order valence-corrected chi connectivity index (χ3v) is 20.8. The van der Waals surface area contributed by atoms with Crippen LogP contribution >= 0.6 is 15.6 Å². The molecule has 0 radical (unpaired) electrons. The maximum Gasteiger partial charge on any atom is 0.472 e. The first-order valence-electron chi connectivity index (χ1n) is 40.4. The first-order valence-corrected chi connectivity index (χ1v) is 43.4. The van der Waals surface area contributed by atoms with Crippen LogP contribution in [-0.4, -0.2) is 96.7 Å². The number of rotatable bonds is 76. The van der Waals surface area contributed by atoms with Crippen molar-refractivity contribution in [3.63, 3.8) is 0 Å². The number of aliphatic hydroxyl groups is 1. The van der Waals surface area contributed by atoms with Gasteiger partial charge in [-0.2, -0.15) is 0 Å². The van der Waals surface area contributed by atoms with E-state index < -0.39 is 97.5 Å². The molecule has 0 fully saturated rings. The number of carbonyl (C=O) groups is 4. The molecule has 0 aromatic rings. The maximum absolute atomic E-state index is 13.1. The molecule has 0 amide bonds. The minimum atomic E-state index is -4.96. The third-order valence-electron chi connectivity index (χ3n) is 18.9. The second kappa shape index (κ2) is 68.5. The molecule has 0 aliphatic heterocycles. The van der Waals surface area contributed by atoms with E-state index in [1.54, 1.807) is 0 Å². The second-order valence-electron chi connectivity index (χ2n) is 29.1. The van der Waals surface area contributed by atoms with Gasteiger partial charge in [-0.05, 0) is 43.4 Å². The summed E-state index contributed by atoms with van der Waals surface area (Å²) in [6, 6.07) is 0. The fourth-order valence-electron chi connectivity index (χ4n) is 11.9. The Balaban J connectivity index is 5.19. The van der Waals surface area contributed by atoms with Crippen molar-refractivity contribution in [2.24, 2.45) is 17.8 Å². The number of esters is 4. The molecule has 17 nitrogen and oxygen atoms in total.